The van der Waals surface area contributed by atoms with Gasteiger partial charge in [-0.15, -0.1) is 12.4 Å². The molecule has 0 aliphatic carbocycles. The second kappa shape index (κ2) is 7.77. The quantitative estimate of drug-likeness (QED) is 0.877. The summed E-state index contributed by atoms with van der Waals surface area (Å²) in [7, 11) is 0. The molecule has 130 valence electrons. The van der Waals surface area contributed by atoms with Crippen molar-refractivity contribution in [2.24, 2.45) is 0 Å². The Hall–Kier alpha value is -1.23. The molecular weight excluding hydrogens is 343 g/mol. The Morgan fingerprint density at radius 3 is 2.42 bits per heavy atom. The van der Waals surface area contributed by atoms with Crippen LogP contribution in [-0.4, -0.2) is 44.3 Å². The van der Waals surface area contributed by atoms with E-state index in [9.17, 15) is 0 Å². The average Bonchev–Trinajstić information content (AvgIpc) is 2.62. The highest BCUT2D eigenvalue weighted by Gasteiger charge is 2.17. The number of hydrogen-bond acceptors (Lipinski definition) is 4. The number of piperidine rings is 1. The second-order valence-corrected chi connectivity index (χ2v) is 6.86. The molecule has 2 saturated heterocycles. The summed E-state index contributed by atoms with van der Waals surface area (Å²) < 4.78 is 0. The predicted octanol–water partition coefficient (Wildman–Crippen LogP) is 3.71. The minimum atomic E-state index is 0. The van der Waals surface area contributed by atoms with Crippen LogP contribution in [-0.2, 0) is 0 Å². The maximum Gasteiger partial charge on any atom is 0.148 e. The Kier molecular flexibility index (Phi) is 5.69. The molecule has 1 aromatic heterocycles. The van der Waals surface area contributed by atoms with Crippen LogP contribution in [0.25, 0.3) is 10.9 Å². The van der Waals surface area contributed by atoms with E-state index in [-0.39, 0.29) is 12.4 Å². The fourth-order valence-electron chi connectivity index (χ4n) is 3.58. The van der Waals surface area contributed by atoms with Gasteiger partial charge in [-0.25, -0.2) is 4.98 Å². The van der Waals surface area contributed by atoms with Gasteiger partial charge < -0.3 is 15.1 Å². The Morgan fingerprint density at radius 1 is 0.917 bits per heavy atom. The second-order valence-electron chi connectivity index (χ2n) is 6.46. The SMILES string of the molecule is Cl.Clc1cc2cc(N3CCCCC3)ccc2nc1N1CCNCC1. The van der Waals surface area contributed by atoms with Gasteiger partial charge in [-0.05, 0) is 43.5 Å². The van der Waals surface area contributed by atoms with Crippen LogP contribution >= 0.6 is 24.0 Å². The smallest absolute Gasteiger partial charge is 0.148 e. The number of aromatic nitrogens is 1. The number of piperazine rings is 1. The molecule has 3 heterocycles. The fraction of sp³-hybridized carbons (Fsp3) is 0.500. The lowest BCUT2D eigenvalue weighted by molar-refractivity contribution is 0.578. The van der Waals surface area contributed by atoms with Crippen LogP contribution < -0.4 is 15.1 Å². The van der Waals surface area contributed by atoms with Crippen molar-refractivity contribution < 1.29 is 0 Å². The van der Waals surface area contributed by atoms with Gasteiger partial charge >= 0.3 is 0 Å². The topological polar surface area (TPSA) is 31.4 Å². The molecule has 0 amide bonds. The van der Waals surface area contributed by atoms with Crippen molar-refractivity contribution in [2.75, 3.05) is 49.1 Å². The first-order chi connectivity index (χ1) is 11.3. The molecule has 2 fully saturated rings. The molecule has 2 aliphatic heterocycles. The molecule has 0 radical (unpaired) electrons. The highest BCUT2D eigenvalue weighted by atomic mass is 35.5. The van der Waals surface area contributed by atoms with Crippen molar-refractivity contribution in [3.63, 3.8) is 0 Å². The average molecular weight is 367 g/mol. The number of hydrogen-bond donors (Lipinski definition) is 1. The van der Waals surface area contributed by atoms with Gasteiger partial charge in [-0.1, -0.05) is 11.6 Å². The first-order valence-electron chi connectivity index (χ1n) is 8.62. The molecule has 4 nitrogen and oxygen atoms in total. The van der Waals surface area contributed by atoms with Crippen LogP contribution in [0.5, 0.6) is 0 Å². The van der Waals surface area contributed by atoms with Crippen molar-refractivity contribution in [1.29, 1.82) is 0 Å². The molecule has 0 atom stereocenters. The van der Waals surface area contributed by atoms with Crippen LogP contribution in [0.1, 0.15) is 19.3 Å². The Balaban J connectivity index is 0.00000169. The highest BCUT2D eigenvalue weighted by Crippen LogP contribution is 2.31. The number of fused-ring (bicyclic) bond motifs is 1. The van der Waals surface area contributed by atoms with Gasteiger partial charge in [0.2, 0.25) is 0 Å². The van der Waals surface area contributed by atoms with Gasteiger partial charge in [0.25, 0.3) is 0 Å². The monoisotopic (exact) mass is 366 g/mol. The molecule has 6 heteroatoms. The van der Waals surface area contributed by atoms with Crippen molar-refractivity contribution in [2.45, 2.75) is 19.3 Å². The van der Waals surface area contributed by atoms with Gasteiger partial charge in [-0.3, -0.25) is 0 Å². The third kappa shape index (κ3) is 3.56. The van der Waals surface area contributed by atoms with Gasteiger partial charge in [0.15, 0.2) is 0 Å². The van der Waals surface area contributed by atoms with Gasteiger partial charge in [0.05, 0.1) is 10.5 Å². The van der Waals surface area contributed by atoms with Crippen LogP contribution in [0.3, 0.4) is 0 Å². The molecule has 4 rings (SSSR count). The molecule has 0 unspecified atom stereocenters. The zero-order valence-corrected chi connectivity index (χ0v) is 15.4. The number of anilines is 2. The van der Waals surface area contributed by atoms with E-state index in [0.717, 1.165) is 61.0 Å². The summed E-state index contributed by atoms with van der Waals surface area (Å²) in [4.78, 5) is 9.58. The first kappa shape index (κ1) is 17.6. The normalized spacial score (nSPS) is 18.5. The maximum absolute atomic E-state index is 6.54. The molecule has 0 bridgehead atoms. The molecule has 0 spiro atoms. The number of nitrogens with one attached hydrogen (secondary N) is 1. The fourth-order valence-corrected chi connectivity index (χ4v) is 3.85. The lowest BCUT2D eigenvalue weighted by Gasteiger charge is -2.30. The summed E-state index contributed by atoms with van der Waals surface area (Å²) in [5.41, 5.74) is 2.33. The zero-order chi connectivity index (χ0) is 15.6. The summed E-state index contributed by atoms with van der Waals surface area (Å²) in [5, 5.41) is 5.26. The summed E-state index contributed by atoms with van der Waals surface area (Å²) in [6.07, 6.45) is 3.93. The molecule has 1 aromatic carbocycles. The third-order valence-corrected chi connectivity index (χ3v) is 5.15. The molecule has 0 saturated carbocycles. The van der Waals surface area contributed by atoms with Crippen molar-refractivity contribution in [1.82, 2.24) is 10.3 Å². The highest BCUT2D eigenvalue weighted by molar-refractivity contribution is 6.33. The van der Waals surface area contributed by atoms with Crippen molar-refractivity contribution in [3.8, 4) is 0 Å². The first-order valence-corrected chi connectivity index (χ1v) is 9.00. The summed E-state index contributed by atoms with van der Waals surface area (Å²) in [5.74, 6) is 0.923. The van der Waals surface area contributed by atoms with Crippen molar-refractivity contribution >= 4 is 46.4 Å². The van der Waals surface area contributed by atoms with E-state index in [1.165, 1.54) is 24.9 Å². The summed E-state index contributed by atoms with van der Waals surface area (Å²) in [6.45, 7) is 6.22. The van der Waals surface area contributed by atoms with E-state index in [2.05, 4.69) is 39.4 Å². The van der Waals surface area contributed by atoms with E-state index < -0.39 is 0 Å². The van der Waals surface area contributed by atoms with Gasteiger partial charge in [0, 0.05) is 50.3 Å². The van der Waals surface area contributed by atoms with Crippen LogP contribution in [0.15, 0.2) is 24.3 Å². The number of pyridine rings is 1. The minimum absolute atomic E-state index is 0. The minimum Gasteiger partial charge on any atom is -0.372 e. The lowest BCUT2D eigenvalue weighted by atomic mass is 10.1. The Bertz CT molecular complexity index is 695. The predicted molar refractivity (Wildman–Crippen MR) is 105 cm³/mol. The van der Waals surface area contributed by atoms with Crippen molar-refractivity contribution in [3.05, 3.63) is 29.3 Å². The zero-order valence-electron chi connectivity index (χ0n) is 13.8. The third-order valence-electron chi connectivity index (χ3n) is 4.87. The maximum atomic E-state index is 6.54. The van der Waals surface area contributed by atoms with Crippen LogP contribution in [0, 0.1) is 0 Å². The lowest BCUT2D eigenvalue weighted by Crippen LogP contribution is -2.44. The standard InChI is InChI=1S/C18H23ClN4.ClH/c19-16-13-14-12-15(22-8-2-1-3-9-22)4-5-17(14)21-18(16)23-10-6-20-7-11-23;/h4-5,12-13,20H,1-3,6-11H2;1H. The molecular formula is C18H24Cl2N4. The van der Waals surface area contributed by atoms with E-state index in [1.54, 1.807) is 0 Å². The van der Waals surface area contributed by atoms with Crippen LogP contribution in [0.2, 0.25) is 5.02 Å². The van der Waals surface area contributed by atoms with E-state index in [1.807, 2.05) is 0 Å². The number of benzene rings is 1. The number of halogens is 2. The largest absolute Gasteiger partial charge is 0.372 e. The van der Waals surface area contributed by atoms with E-state index in [0.29, 0.717) is 0 Å². The number of nitrogens with zero attached hydrogens (tertiary/aromatic N) is 3. The van der Waals surface area contributed by atoms with Gasteiger partial charge in [-0.2, -0.15) is 0 Å². The molecule has 2 aromatic rings. The van der Waals surface area contributed by atoms with Gasteiger partial charge in [0.1, 0.15) is 5.82 Å². The number of rotatable bonds is 2. The van der Waals surface area contributed by atoms with E-state index in [4.69, 9.17) is 16.6 Å². The molecule has 1 N–H and O–H groups in total. The summed E-state index contributed by atoms with van der Waals surface area (Å²) in [6, 6.07) is 8.66. The Morgan fingerprint density at radius 2 is 1.67 bits per heavy atom. The summed E-state index contributed by atoms with van der Waals surface area (Å²) >= 11 is 6.54. The molecule has 2 aliphatic rings. The van der Waals surface area contributed by atoms with E-state index >= 15 is 0 Å². The van der Waals surface area contributed by atoms with Crippen LogP contribution in [0.4, 0.5) is 11.5 Å². The Labute approximate surface area is 154 Å². The molecule has 24 heavy (non-hydrogen) atoms.